The van der Waals surface area contributed by atoms with Gasteiger partial charge < -0.3 is 20.1 Å². The molecular formula is C16H29IN6O2. The Kier molecular flexibility index (Phi) is 10.5. The molecule has 0 saturated carbocycles. The number of rotatable bonds is 7. The van der Waals surface area contributed by atoms with E-state index in [4.69, 9.17) is 4.52 Å². The minimum absolute atomic E-state index is 0. The minimum atomic E-state index is -0.0306. The van der Waals surface area contributed by atoms with Crippen molar-refractivity contribution in [2.75, 3.05) is 45.8 Å². The summed E-state index contributed by atoms with van der Waals surface area (Å²) < 4.78 is 4.88. The average Bonchev–Trinajstić information content (AvgIpc) is 3.10. The molecule has 25 heavy (non-hydrogen) atoms. The fraction of sp³-hybridized carbons (Fsp3) is 0.688. The summed E-state index contributed by atoms with van der Waals surface area (Å²) in [7, 11) is 0. The van der Waals surface area contributed by atoms with Gasteiger partial charge in [-0.1, -0.05) is 12.1 Å². The molecule has 9 heteroatoms. The molecule has 1 saturated heterocycles. The van der Waals surface area contributed by atoms with E-state index in [9.17, 15) is 4.79 Å². The van der Waals surface area contributed by atoms with Crippen molar-refractivity contribution in [3.8, 4) is 0 Å². The van der Waals surface area contributed by atoms with Crippen molar-refractivity contribution >= 4 is 35.8 Å². The molecule has 0 spiro atoms. The average molecular weight is 464 g/mol. The molecule has 2 rings (SSSR count). The van der Waals surface area contributed by atoms with E-state index in [1.54, 1.807) is 6.26 Å². The molecule has 1 aromatic rings. The van der Waals surface area contributed by atoms with Gasteiger partial charge in [0.1, 0.15) is 12.8 Å². The molecule has 2 N–H and O–H groups in total. The van der Waals surface area contributed by atoms with E-state index in [2.05, 4.69) is 30.6 Å². The predicted molar refractivity (Wildman–Crippen MR) is 108 cm³/mol. The van der Waals surface area contributed by atoms with Gasteiger partial charge in [0.15, 0.2) is 5.96 Å². The maximum Gasteiger partial charge on any atom is 0.241 e. The summed E-state index contributed by atoms with van der Waals surface area (Å²) >= 11 is 0. The molecule has 0 atom stereocenters. The van der Waals surface area contributed by atoms with Crippen molar-refractivity contribution < 1.29 is 9.32 Å². The number of nitrogens with zero attached hydrogens (tertiary/aromatic N) is 4. The van der Waals surface area contributed by atoms with Gasteiger partial charge >= 0.3 is 0 Å². The lowest BCUT2D eigenvalue weighted by molar-refractivity contribution is -0.119. The zero-order valence-electron chi connectivity index (χ0n) is 15.0. The fourth-order valence-corrected chi connectivity index (χ4v) is 2.56. The third-order valence-electron chi connectivity index (χ3n) is 3.83. The van der Waals surface area contributed by atoms with Crippen molar-refractivity contribution in [1.29, 1.82) is 0 Å². The largest absolute Gasteiger partial charge is 0.364 e. The van der Waals surface area contributed by atoms with Crippen LogP contribution in [0.1, 0.15) is 26.0 Å². The second-order valence-corrected chi connectivity index (χ2v) is 5.77. The Morgan fingerprint density at radius 1 is 1.28 bits per heavy atom. The number of nitrogens with one attached hydrogen (secondary N) is 2. The van der Waals surface area contributed by atoms with Crippen LogP contribution in [0.5, 0.6) is 0 Å². The number of hydrogen-bond acceptors (Lipinski definition) is 5. The molecule has 8 nitrogen and oxygen atoms in total. The van der Waals surface area contributed by atoms with Crippen LogP contribution < -0.4 is 10.6 Å². The van der Waals surface area contributed by atoms with Crippen LogP contribution in [0.4, 0.5) is 0 Å². The summed E-state index contributed by atoms with van der Waals surface area (Å²) in [5.74, 6) is 0.780. The quantitative estimate of drug-likeness (QED) is 0.355. The molecule has 1 fully saturated rings. The third kappa shape index (κ3) is 7.59. The van der Waals surface area contributed by atoms with Gasteiger partial charge in [-0.05, 0) is 13.3 Å². The van der Waals surface area contributed by atoms with Gasteiger partial charge in [0.05, 0.1) is 5.69 Å². The Balaban J connectivity index is 0.00000312. The lowest BCUT2D eigenvalue weighted by Gasteiger charge is -2.36. The van der Waals surface area contributed by atoms with E-state index in [1.165, 1.54) is 0 Å². The smallest absolute Gasteiger partial charge is 0.241 e. The third-order valence-corrected chi connectivity index (χ3v) is 3.83. The van der Waals surface area contributed by atoms with E-state index < -0.39 is 0 Å². The zero-order valence-corrected chi connectivity index (χ0v) is 17.4. The number of carbonyl (C=O) groups is 1. The number of aromatic nitrogens is 1. The minimum Gasteiger partial charge on any atom is -0.364 e. The maximum absolute atomic E-state index is 11.7. The van der Waals surface area contributed by atoms with E-state index in [0.717, 1.165) is 57.3 Å². The summed E-state index contributed by atoms with van der Waals surface area (Å²) in [4.78, 5) is 20.7. The van der Waals surface area contributed by atoms with Crippen LogP contribution >= 0.6 is 24.0 Å². The first-order chi connectivity index (χ1) is 11.7. The van der Waals surface area contributed by atoms with Crippen LogP contribution in [0.3, 0.4) is 0 Å². The van der Waals surface area contributed by atoms with Crippen LogP contribution in [0.15, 0.2) is 21.8 Å². The number of hydrogen-bond donors (Lipinski definition) is 2. The van der Waals surface area contributed by atoms with Gasteiger partial charge in [0, 0.05) is 51.9 Å². The monoisotopic (exact) mass is 464 g/mol. The summed E-state index contributed by atoms with van der Waals surface area (Å²) in [5.41, 5.74) is 0.955. The highest BCUT2D eigenvalue weighted by atomic mass is 127. The first-order valence-corrected chi connectivity index (χ1v) is 8.64. The van der Waals surface area contributed by atoms with Gasteiger partial charge in [-0.15, -0.1) is 24.0 Å². The van der Waals surface area contributed by atoms with Crippen molar-refractivity contribution in [2.24, 2.45) is 4.99 Å². The lowest BCUT2D eigenvalue weighted by Crippen LogP contribution is -2.52. The van der Waals surface area contributed by atoms with Crippen LogP contribution in [0, 0.1) is 0 Å². The van der Waals surface area contributed by atoms with Gasteiger partial charge in [0.2, 0.25) is 5.91 Å². The second kappa shape index (κ2) is 12.1. The van der Waals surface area contributed by atoms with Gasteiger partial charge in [-0.25, -0.2) is 4.99 Å². The van der Waals surface area contributed by atoms with Crippen LogP contribution in [0.2, 0.25) is 0 Å². The fourth-order valence-electron chi connectivity index (χ4n) is 2.56. The number of guanidine groups is 1. The van der Waals surface area contributed by atoms with Gasteiger partial charge in [0.25, 0.3) is 0 Å². The van der Waals surface area contributed by atoms with Crippen molar-refractivity contribution in [1.82, 2.24) is 25.6 Å². The van der Waals surface area contributed by atoms with Crippen LogP contribution in [-0.4, -0.2) is 72.6 Å². The molecule has 2 heterocycles. The molecule has 0 unspecified atom stereocenters. The lowest BCUT2D eigenvalue weighted by atomic mass is 10.3. The van der Waals surface area contributed by atoms with Gasteiger partial charge in [-0.3, -0.25) is 9.69 Å². The molecule has 0 aliphatic carbocycles. The highest BCUT2D eigenvalue weighted by Crippen LogP contribution is 2.07. The Morgan fingerprint density at radius 2 is 2.04 bits per heavy atom. The van der Waals surface area contributed by atoms with E-state index in [0.29, 0.717) is 6.54 Å². The Hall–Kier alpha value is -1.36. The molecular weight excluding hydrogens is 435 g/mol. The number of amides is 1. The van der Waals surface area contributed by atoms with Crippen molar-refractivity contribution in [3.05, 3.63) is 18.0 Å². The highest BCUT2D eigenvalue weighted by molar-refractivity contribution is 14.0. The Bertz CT molecular complexity index is 515. The first kappa shape index (κ1) is 21.7. The summed E-state index contributed by atoms with van der Waals surface area (Å²) in [6, 6.07) is 1.90. The molecule has 1 amide bonds. The van der Waals surface area contributed by atoms with E-state index in [1.807, 2.05) is 19.9 Å². The topological polar surface area (TPSA) is 86.0 Å². The highest BCUT2D eigenvalue weighted by Gasteiger charge is 2.20. The predicted octanol–water partition coefficient (Wildman–Crippen LogP) is 0.902. The molecule has 0 radical (unpaired) electrons. The number of halogens is 1. The van der Waals surface area contributed by atoms with Crippen molar-refractivity contribution in [3.63, 3.8) is 0 Å². The Morgan fingerprint density at radius 3 is 2.64 bits per heavy atom. The molecule has 0 bridgehead atoms. The maximum atomic E-state index is 11.7. The molecule has 1 aliphatic rings. The summed E-state index contributed by atoms with van der Waals surface area (Å²) in [6.45, 7) is 10.1. The molecule has 0 aromatic carbocycles. The summed E-state index contributed by atoms with van der Waals surface area (Å²) in [5, 5.41) is 10.1. The molecule has 1 aliphatic heterocycles. The normalized spacial score (nSPS) is 15.6. The van der Waals surface area contributed by atoms with Crippen LogP contribution in [0.25, 0.3) is 0 Å². The molecule has 1 aromatic heterocycles. The van der Waals surface area contributed by atoms with E-state index >= 15 is 0 Å². The summed E-state index contributed by atoms with van der Waals surface area (Å²) in [6.07, 6.45) is 2.54. The number of piperazine rings is 1. The SMILES string of the molecule is CCCNC(=O)CN=C(NCC)N1CCN(Cc2ccon2)CC1.I. The van der Waals surface area contributed by atoms with E-state index in [-0.39, 0.29) is 36.4 Å². The number of carbonyl (C=O) groups excluding carboxylic acids is 1. The second-order valence-electron chi connectivity index (χ2n) is 5.77. The Labute approximate surface area is 166 Å². The first-order valence-electron chi connectivity index (χ1n) is 8.64. The number of aliphatic imine (C=N–C) groups is 1. The molecule has 142 valence electrons. The van der Waals surface area contributed by atoms with Gasteiger partial charge in [-0.2, -0.15) is 0 Å². The van der Waals surface area contributed by atoms with Crippen molar-refractivity contribution in [2.45, 2.75) is 26.8 Å². The zero-order chi connectivity index (χ0) is 17.2. The standard InChI is InChI=1S/C16H28N6O2.HI/c1-3-6-18-15(23)12-19-16(17-4-2)22-9-7-21(8-10-22)13-14-5-11-24-20-14;/h5,11H,3-4,6-10,12-13H2,1-2H3,(H,17,19)(H,18,23);1H. The van der Waals surface area contributed by atoms with Crippen LogP contribution in [-0.2, 0) is 11.3 Å².